The summed E-state index contributed by atoms with van der Waals surface area (Å²) in [5.41, 5.74) is 4.81. The Morgan fingerprint density at radius 1 is 0.800 bits per heavy atom. The van der Waals surface area contributed by atoms with Crippen molar-refractivity contribution in [1.82, 2.24) is 0 Å². The fourth-order valence-corrected chi connectivity index (χ4v) is 3.15. The summed E-state index contributed by atoms with van der Waals surface area (Å²) in [7, 11) is 0. The van der Waals surface area contributed by atoms with Crippen LogP contribution in [-0.2, 0) is 0 Å². The highest BCUT2D eigenvalue weighted by Gasteiger charge is 2.08. The minimum atomic E-state index is -0.123. The second-order valence-corrected chi connectivity index (χ2v) is 7.47. The lowest BCUT2D eigenvalue weighted by Crippen LogP contribution is -2.12. The molecule has 0 aliphatic rings. The second kappa shape index (κ2) is 10.5. The average Bonchev–Trinajstić information content (AvgIpc) is 2.74. The number of anilines is 1. The van der Waals surface area contributed by atoms with Crippen LogP contribution in [0.25, 0.3) is 0 Å². The number of carbonyl (C=O) groups is 1. The number of benzene rings is 3. The molecule has 3 rings (SSSR count). The van der Waals surface area contributed by atoms with Crippen molar-refractivity contribution in [2.24, 2.45) is 0 Å². The number of para-hydroxylation sites is 1. The summed E-state index contributed by atoms with van der Waals surface area (Å²) in [5.74, 6) is 1.58. The van der Waals surface area contributed by atoms with Crippen molar-refractivity contribution in [2.45, 2.75) is 33.6 Å². The first-order valence-electron chi connectivity index (χ1n) is 10.3. The molecule has 4 heteroatoms. The molecule has 0 radical (unpaired) electrons. The molecule has 0 fully saturated rings. The van der Waals surface area contributed by atoms with E-state index in [0.717, 1.165) is 41.2 Å². The van der Waals surface area contributed by atoms with Crippen LogP contribution >= 0.6 is 0 Å². The molecule has 4 nitrogen and oxygen atoms in total. The molecule has 0 bridgehead atoms. The maximum atomic E-state index is 12.5. The molecule has 1 amide bonds. The summed E-state index contributed by atoms with van der Waals surface area (Å²) < 4.78 is 11.6. The number of amides is 1. The average molecular weight is 404 g/mol. The Kier molecular flexibility index (Phi) is 7.50. The molecule has 1 N–H and O–H groups in total. The molecular weight excluding hydrogens is 374 g/mol. The third-order valence-electron chi connectivity index (χ3n) is 4.91. The topological polar surface area (TPSA) is 47.6 Å². The van der Waals surface area contributed by atoms with Crippen molar-refractivity contribution < 1.29 is 14.3 Å². The van der Waals surface area contributed by atoms with Crippen molar-refractivity contribution in [3.05, 3.63) is 89.0 Å². The van der Waals surface area contributed by atoms with Crippen LogP contribution in [0.4, 0.5) is 5.69 Å². The molecule has 30 heavy (non-hydrogen) atoms. The van der Waals surface area contributed by atoms with Gasteiger partial charge in [0, 0.05) is 11.3 Å². The van der Waals surface area contributed by atoms with E-state index in [2.05, 4.69) is 11.4 Å². The predicted octanol–water partition coefficient (Wildman–Crippen LogP) is 6.10. The van der Waals surface area contributed by atoms with Crippen LogP contribution in [0.1, 0.15) is 39.9 Å². The van der Waals surface area contributed by atoms with E-state index < -0.39 is 0 Å². The Hall–Kier alpha value is -3.27. The maximum Gasteiger partial charge on any atom is 0.255 e. The third kappa shape index (κ3) is 6.11. The summed E-state index contributed by atoms with van der Waals surface area (Å²) in [5, 5.41) is 2.96. The van der Waals surface area contributed by atoms with E-state index in [9.17, 15) is 4.79 Å². The summed E-state index contributed by atoms with van der Waals surface area (Å²) >= 11 is 0. The number of rotatable bonds is 9. The van der Waals surface area contributed by atoms with Crippen LogP contribution in [0.15, 0.2) is 66.7 Å². The van der Waals surface area contributed by atoms with E-state index in [1.54, 1.807) is 12.1 Å². The number of ether oxygens (including phenoxy) is 2. The number of hydrogen-bond acceptors (Lipinski definition) is 3. The van der Waals surface area contributed by atoms with Gasteiger partial charge < -0.3 is 14.8 Å². The van der Waals surface area contributed by atoms with Crippen molar-refractivity contribution in [1.29, 1.82) is 0 Å². The molecule has 0 aromatic heterocycles. The monoisotopic (exact) mass is 403 g/mol. The largest absolute Gasteiger partial charge is 0.494 e. The van der Waals surface area contributed by atoms with Gasteiger partial charge in [0.1, 0.15) is 11.5 Å². The fraction of sp³-hybridized carbons (Fsp3) is 0.269. The summed E-state index contributed by atoms with van der Waals surface area (Å²) in [6.45, 7) is 7.36. The van der Waals surface area contributed by atoms with E-state index >= 15 is 0 Å². The Morgan fingerprint density at radius 3 is 2.20 bits per heavy atom. The van der Waals surface area contributed by atoms with Gasteiger partial charge in [0.2, 0.25) is 0 Å². The van der Waals surface area contributed by atoms with Gasteiger partial charge in [0.05, 0.1) is 13.2 Å². The predicted molar refractivity (Wildman–Crippen MR) is 122 cm³/mol. The van der Waals surface area contributed by atoms with E-state index in [4.69, 9.17) is 9.47 Å². The van der Waals surface area contributed by atoms with Crippen LogP contribution in [0, 0.1) is 20.8 Å². The van der Waals surface area contributed by atoms with E-state index in [1.165, 1.54) is 5.56 Å². The number of nitrogens with one attached hydrogen (secondary N) is 1. The van der Waals surface area contributed by atoms with Crippen molar-refractivity contribution in [3.63, 3.8) is 0 Å². The van der Waals surface area contributed by atoms with E-state index in [-0.39, 0.29) is 5.91 Å². The minimum absolute atomic E-state index is 0.123. The lowest BCUT2D eigenvalue weighted by Gasteiger charge is -2.11. The first kappa shape index (κ1) is 21.4. The summed E-state index contributed by atoms with van der Waals surface area (Å²) in [4.78, 5) is 12.5. The summed E-state index contributed by atoms with van der Waals surface area (Å²) in [6, 6.07) is 21.2. The molecule has 156 valence electrons. The van der Waals surface area contributed by atoms with Crippen LogP contribution < -0.4 is 14.8 Å². The number of hydrogen-bond donors (Lipinski definition) is 1. The van der Waals surface area contributed by atoms with Gasteiger partial charge >= 0.3 is 0 Å². The van der Waals surface area contributed by atoms with Gasteiger partial charge in [0.15, 0.2) is 0 Å². The second-order valence-electron chi connectivity index (χ2n) is 7.47. The van der Waals surface area contributed by atoms with Gasteiger partial charge in [-0.15, -0.1) is 0 Å². The Morgan fingerprint density at radius 2 is 1.50 bits per heavy atom. The zero-order valence-electron chi connectivity index (χ0n) is 17.9. The zero-order valence-corrected chi connectivity index (χ0v) is 17.9. The van der Waals surface area contributed by atoms with Gasteiger partial charge in [-0.2, -0.15) is 0 Å². The smallest absolute Gasteiger partial charge is 0.255 e. The molecule has 0 aliphatic carbocycles. The Bertz CT molecular complexity index is 980. The molecule has 0 atom stereocenters. The highest BCUT2D eigenvalue weighted by Crippen LogP contribution is 2.19. The van der Waals surface area contributed by atoms with Gasteiger partial charge in [0.25, 0.3) is 5.91 Å². The standard InChI is InChI=1S/C26H29NO3/c1-19-10-15-24(21(3)18-19)27-26(28)22-11-13-23(14-12-22)29-16-6-7-17-30-25-9-5-4-8-20(25)2/h4-5,8-15,18H,6-7,16-17H2,1-3H3,(H,27,28). The van der Waals surface area contributed by atoms with E-state index in [0.29, 0.717) is 18.8 Å². The molecule has 0 saturated heterocycles. The lowest BCUT2D eigenvalue weighted by molar-refractivity contribution is 0.102. The SMILES string of the molecule is Cc1ccc(NC(=O)c2ccc(OCCCCOc3ccccc3C)cc2)c(C)c1. The van der Waals surface area contributed by atoms with Gasteiger partial charge in [-0.1, -0.05) is 35.9 Å². The molecule has 0 saturated carbocycles. The molecule has 0 aliphatic heterocycles. The summed E-state index contributed by atoms with van der Waals surface area (Å²) in [6.07, 6.45) is 1.82. The van der Waals surface area contributed by atoms with Gasteiger partial charge in [-0.3, -0.25) is 4.79 Å². The normalized spacial score (nSPS) is 10.5. The van der Waals surface area contributed by atoms with Crippen LogP contribution in [0.5, 0.6) is 11.5 Å². The van der Waals surface area contributed by atoms with E-state index in [1.807, 2.05) is 69.3 Å². The fourth-order valence-electron chi connectivity index (χ4n) is 3.15. The highest BCUT2D eigenvalue weighted by atomic mass is 16.5. The minimum Gasteiger partial charge on any atom is -0.494 e. The molecule has 0 unspecified atom stereocenters. The highest BCUT2D eigenvalue weighted by molar-refractivity contribution is 6.04. The number of aryl methyl sites for hydroxylation is 3. The molecule has 0 heterocycles. The zero-order chi connectivity index (χ0) is 21.3. The lowest BCUT2D eigenvalue weighted by atomic mass is 10.1. The Balaban J connectivity index is 1.40. The molecule has 0 spiro atoms. The molecule has 3 aromatic carbocycles. The van der Waals surface area contributed by atoms with Crippen LogP contribution in [0.2, 0.25) is 0 Å². The molecular formula is C26H29NO3. The third-order valence-corrected chi connectivity index (χ3v) is 4.91. The number of unbranched alkanes of at least 4 members (excludes halogenated alkanes) is 1. The first-order valence-corrected chi connectivity index (χ1v) is 10.3. The molecule has 3 aromatic rings. The number of carbonyl (C=O) groups excluding carboxylic acids is 1. The van der Waals surface area contributed by atoms with Gasteiger partial charge in [-0.05, 0) is 81.1 Å². The van der Waals surface area contributed by atoms with Crippen LogP contribution in [-0.4, -0.2) is 19.1 Å². The van der Waals surface area contributed by atoms with Crippen molar-refractivity contribution >= 4 is 11.6 Å². The van der Waals surface area contributed by atoms with Crippen molar-refractivity contribution in [2.75, 3.05) is 18.5 Å². The van der Waals surface area contributed by atoms with Gasteiger partial charge in [-0.25, -0.2) is 0 Å². The Labute approximate surface area is 178 Å². The van der Waals surface area contributed by atoms with Crippen LogP contribution in [0.3, 0.4) is 0 Å². The first-order chi connectivity index (χ1) is 14.5. The maximum absolute atomic E-state index is 12.5. The quantitative estimate of drug-likeness (QED) is 0.439. The van der Waals surface area contributed by atoms with Crippen molar-refractivity contribution in [3.8, 4) is 11.5 Å².